The van der Waals surface area contributed by atoms with E-state index in [9.17, 15) is 13.2 Å². The number of benzene rings is 2. The Morgan fingerprint density at radius 3 is 2.21 bits per heavy atom. The molecule has 0 aromatic heterocycles. The Morgan fingerprint density at radius 2 is 1.64 bits per heavy atom. The first-order valence-electron chi connectivity index (χ1n) is 9.86. The van der Waals surface area contributed by atoms with Gasteiger partial charge in [-0.2, -0.15) is 4.31 Å². The van der Waals surface area contributed by atoms with Crippen molar-refractivity contribution in [1.82, 2.24) is 4.31 Å². The van der Waals surface area contributed by atoms with E-state index in [0.29, 0.717) is 24.6 Å². The lowest BCUT2D eigenvalue weighted by molar-refractivity contribution is 0.101. The van der Waals surface area contributed by atoms with E-state index in [-0.39, 0.29) is 17.2 Å². The highest BCUT2D eigenvalue weighted by atomic mass is 32.2. The summed E-state index contributed by atoms with van der Waals surface area (Å²) in [5.41, 5.74) is 2.64. The van der Waals surface area contributed by atoms with Crippen LogP contribution in [0.5, 0.6) is 0 Å². The molecule has 1 N–H and O–H groups in total. The van der Waals surface area contributed by atoms with Crippen LogP contribution in [0, 0.1) is 5.92 Å². The number of carbonyl (C=O) groups excluding carboxylic acids is 1. The second-order valence-electron chi connectivity index (χ2n) is 7.44. The molecule has 0 unspecified atom stereocenters. The number of sulfonamides is 1. The summed E-state index contributed by atoms with van der Waals surface area (Å²) in [6.07, 6.45) is 2.76. The topological polar surface area (TPSA) is 66.5 Å². The lowest BCUT2D eigenvalue weighted by Crippen LogP contribution is -2.37. The fraction of sp³-hybridized carbons (Fsp3) is 0.409. The Hall–Kier alpha value is -2.18. The zero-order valence-electron chi connectivity index (χ0n) is 16.5. The predicted molar refractivity (Wildman–Crippen MR) is 112 cm³/mol. The molecule has 1 aliphatic rings. The van der Waals surface area contributed by atoms with Crippen molar-refractivity contribution in [3.05, 3.63) is 59.7 Å². The van der Waals surface area contributed by atoms with Crippen LogP contribution in [0.3, 0.4) is 0 Å². The number of carbonyl (C=O) groups is 1. The Morgan fingerprint density at radius 1 is 1.04 bits per heavy atom. The Kier molecular flexibility index (Phi) is 6.52. The number of rotatable bonds is 7. The van der Waals surface area contributed by atoms with Crippen LogP contribution in [-0.4, -0.2) is 38.1 Å². The van der Waals surface area contributed by atoms with Gasteiger partial charge in [0, 0.05) is 24.3 Å². The van der Waals surface area contributed by atoms with Gasteiger partial charge < -0.3 is 5.32 Å². The lowest BCUT2D eigenvalue weighted by atomic mass is 10.0. The average Bonchev–Trinajstić information content (AvgIpc) is 2.73. The molecule has 0 spiro atoms. The lowest BCUT2D eigenvalue weighted by Gasteiger charge is -2.29. The fourth-order valence-corrected chi connectivity index (χ4v) is 4.80. The van der Waals surface area contributed by atoms with Gasteiger partial charge in [-0.05, 0) is 67.1 Å². The normalized spacial score (nSPS) is 16.1. The van der Waals surface area contributed by atoms with Crippen LogP contribution in [0.2, 0.25) is 0 Å². The van der Waals surface area contributed by atoms with Gasteiger partial charge in [-0.15, -0.1) is 0 Å². The van der Waals surface area contributed by atoms with E-state index in [4.69, 9.17) is 0 Å². The zero-order valence-corrected chi connectivity index (χ0v) is 17.3. The van der Waals surface area contributed by atoms with Crippen LogP contribution in [0.4, 0.5) is 5.69 Å². The minimum absolute atomic E-state index is 0.0738. The molecule has 150 valence electrons. The number of ketones is 1. The molecule has 0 atom stereocenters. The molecule has 0 bridgehead atoms. The van der Waals surface area contributed by atoms with E-state index in [2.05, 4.69) is 19.2 Å². The van der Waals surface area contributed by atoms with Crippen molar-refractivity contribution in [3.8, 4) is 0 Å². The van der Waals surface area contributed by atoms with Gasteiger partial charge >= 0.3 is 0 Å². The number of hydrogen-bond donors (Lipinski definition) is 1. The molecule has 0 aliphatic carbocycles. The smallest absolute Gasteiger partial charge is 0.243 e. The highest BCUT2D eigenvalue weighted by molar-refractivity contribution is 7.89. The Bertz CT molecular complexity index is 898. The molecular weight excluding hydrogens is 372 g/mol. The number of anilines is 1. The highest BCUT2D eigenvalue weighted by Gasteiger charge is 2.28. The summed E-state index contributed by atoms with van der Waals surface area (Å²) >= 11 is 0. The Labute approximate surface area is 167 Å². The van der Waals surface area contributed by atoms with Crippen molar-refractivity contribution in [2.75, 3.05) is 25.0 Å². The van der Waals surface area contributed by atoms with Gasteiger partial charge in [0.05, 0.1) is 11.4 Å². The van der Waals surface area contributed by atoms with Crippen LogP contribution in [0.15, 0.2) is 53.4 Å². The van der Waals surface area contributed by atoms with Crippen molar-refractivity contribution in [2.24, 2.45) is 5.92 Å². The molecule has 1 saturated heterocycles. The molecular formula is C22H28N2O3S. The van der Waals surface area contributed by atoms with Gasteiger partial charge in [-0.3, -0.25) is 4.79 Å². The van der Waals surface area contributed by atoms with Crippen molar-refractivity contribution >= 4 is 21.5 Å². The van der Waals surface area contributed by atoms with Crippen LogP contribution >= 0.6 is 0 Å². The number of nitrogens with one attached hydrogen (secondary N) is 1. The second kappa shape index (κ2) is 8.88. The van der Waals surface area contributed by atoms with Gasteiger partial charge in [-0.25, -0.2) is 8.42 Å². The minimum atomic E-state index is -3.48. The van der Waals surface area contributed by atoms with E-state index < -0.39 is 10.0 Å². The summed E-state index contributed by atoms with van der Waals surface area (Å²) in [7, 11) is -3.48. The van der Waals surface area contributed by atoms with Gasteiger partial charge in [-0.1, -0.05) is 26.0 Å². The zero-order chi connectivity index (χ0) is 20.1. The maximum Gasteiger partial charge on any atom is 0.243 e. The largest absolute Gasteiger partial charge is 0.378 e. The first-order valence-corrected chi connectivity index (χ1v) is 11.3. The third-order valence-electron chi connectivity index (χ3n) is 5.37. The van der Waals surface area contributed by atoms with E-state index in [1.165, 1.54) is 17.7 Å². The quantitative estimate of drug-likeness (QED) is 0.715. The van der Waals surface area contributed by atoms with E-state index in [0.717, 1.165) is 24.9 Å². The average molecular weight is 401 g/mol. The van der Waals surface area contributed by atoms with Gasteiger partial charge in [0.2, 0.25) is 10.0 Å². The van der Waals surface area contributed by atoms with E-state index >= 15 is 0 Å². The monoisotopic (exact) mass is 400 g/mol. The molecule has 28 heavy (non-hydrogen) atoms. The maximum absolute atomic E-state index is 12.8. The van der Waals surface area contributed by atoms with Gasteiger partial charge in [0.25, 0.3) is 0 Å². The standard InChI is InChI=1S/C22H28N2O3S/c1-3-18-4-8-20(9-5-18)23-16-22(25)19-6-10-21(11-7-19)28(26,27)24-14-12-17(2)13-15-24/h4-11,17,23H,3,12-16H2,1-2H3. The van der Waals surface area contributed by atoms with Crippen molar-refractivity contribution in [1.29, 1.82) is 0 Å². The molecule has 0 amide bonds. The molecule has 2 aromatic rings. The summed E-state index contributed by atoms with van der Waals surface area (Å²) in [5.74, 6) is 0.493. The molecule has 1 heterocycles. The molecule has 0 radical (unpaired) electrons. The molecule has 5 nitrogen and oxygen atoms in total. The fourth-order valence-electron chi connectivity index (χ4n) is 3.33. The first-order chi connectivity index (χ1) is 13.4. The van der Waals surface area contributed by atoms with E-state index in [1.807, 2.05) is 24.3 Å². The first kappa shape index (κ1) is 20.6. The van der Waals surface area contributed by atoms with Crippen LogP contribution in [-0.2, 0) is 16.4 Å². The number of nitrogens with zero attached hydrogens (tertiary/aromatic N) is 1. The van der Waals surface area contributed by atoms with Crippen LogP contribution in [0.25, 0.3) is 0 Å². The number of aryl methyl sites for hydroxylation is 1. The summed E-state index contributed by atoms with van der Waals surface area (Å²) < 4.78 is 27.1. The van der Waals surface area contributed by atoms with Crippen LogP contribution in [0.1, 0.15) is 42.6 Å². The summed E-state index contributed by atoms with van der Waals surface area (Å²) in [6.45, 7) is 5.54. The summed E-state index contributed by atoms with van der Waals surface area (Å²) in [6, 6.07) is 14.3. The number of Topliss-reactive ketones (excluding diaryl/α,β-unsaturated/α-hetero) is 1. The van der Waals surface area contributed by atoms with E-state index in [1.54, 1.807) is 16.4 Å². The van der Waals surface area contributed by atoms with Gasteiger partial charge in [0.1, 0.15) is 0 Å². The molecule has 3 rings (SSSR count). The number of piperidine rings is 1. The van der Waals surface area contributed by atoms with Gasteiger partial charge in [0.15, 0.2) is 5.78 Å². The SMILES string of the molecule is CCc1ccc(NCC(=O)c2ccc(S(=O)(=O)N3CCC(C)CC3)cc2)cc1. The number of hydrogen-bond acceptors (Lipinski definition) is 4. The molecule has 1 aliphatic heterocycles. The highest BCUT2D eigenvalue weighted by Crippen LogP contribution is 2.23. The summed E-state index contributed by atoms with van der Waals surface area (Å²) in [5, 5.41) is 3.12. The maximum atomic E-state index is 12.8. The van der Waals surface area contributed by atoms with Crippen LogP contribution < -0.4 is 5.32 Å². The molecule has 2 aromatic carbocycles. The third-order valence-corrected chi connectivity index (χ3v) is 7.28. The Balaban J connectivity index is 1.62. The minimum Gasteiger partial charge on any atom is -0.378 e. The predicted octanol–water partition coefficient (Wildman–Crippen LogP) is 3.96. The third kappa shape index (κ3) is 4.80. The second-order valence-corrected chi connectivity index (χ2v) is 9.38. The van der Waals surface area contributed by atoms with Crippen molar-refractivity contribution < 1.29 is 13.2 Å². The summed E-state index contributed by atoms with van der Waals surface area (Å²) in [4.78, 5) is 12.7. The molecule has 1 fully saturated rings. The van der Waals surface area contributed by atoms with Crippen molar-refractivity contribution in [3.63, 3.8) is 0 Å². The molecule has 0 saturated carbocycles. The van der Waals surface area contributed by atoms with Crippen molar-refractivity contribution in [2.45, 2.75) is 38.0 Å². The molecule has 6 heteroatoms.